The molecule has 6 nitrogen and oxygen atoms in total. The van der Waals surface area contributed by atoms with E-state index in [4.69, 9.17) is 11.1 Å². The minimum absolute atomic E-state index is 0.00354. The summed E-state index contributed by atoms with van der Waals surface area (Å²) in [6, 6.07) is 7.31. The fourth-order valence-electron chi connectivity index (χ4n) is 3.17. The van der Waals surface area contributed by atoms with Crippen LogP contribution in [0.4, 0.5) is 24.7 Å². The Morgan fingerprint density at radius 3 is 2.44 bits per heavy atom. The molecule has 32 heavy (non-hydrogen) atoms. The molecule has 1 aromatic heterocycles. The van der Waals surface area contributed by atoms with Crippen molar-refractivity contribution in [1.29, 1.82) is 5.41 Å². The number of pyridine rings is 1. The number of alkyl halides is 2. The number of nitrogens with zero attached hydrogens (tertiary/aromatic N) is 3. The molecule has 1 saturated heterocycles. The van der Waals surface area contributed by atoms with Crippen molar-refractivity contribution in [2.24, 2.45) is 10.7 Å². The molecule has 2 heterocycles. The van der Waals surface area contributed by atoms with Crippen molar-refractivity contribution in [3.8, 4) is 5.75 Å². The van der Waals surface area contributed by atoms with E-state index < -0.39 is 12.4 Å². The van der Waals surface area contributed by atoms with Crippen molar-refractivity contribution in [3.63, 3.8) is 0 Å². The van der Waals surface area contributed by atoms with Crippen molar-refractivity contribution in [2.75, 3.05) is 18.0 Å². The summed E-state index contributed by atoms with van der Waals surface area (Å²) < 4.78 is 43.0. The first-order chi connectivity index (χ1) is 15.5. The normalized spacial score (nSPS) is 14.6. The van der Waals surface area contributed by atoms with Gasteiger partial charge < -0.3 is 20.8 Å². The van der Waals surface area contributed by atoms with Gasteiger partial charge in [-0.15, -0.1) is 0 Å². The van der Waals surface area contributed by atoms with Crippen LogP contribution in [0.1, 0.15) is 38.7 Å². The quantitative estimate of drug-likeness (QED) is 0.430. The van der Waals surface area contributed by atoms with Gasteiger partial charge in [-0.05, 0) is 43.0 Å². The van der Waals surface area contributed by atoms with Crippen LogP contribution in [0.2, 0.25) is 0 Å². The number of ether oxygens (including phenoxy) is 1. The van der Waals surface area contributed by atoms with E-state index >= 15 is 0 Å². The first kappa shape index (κ1) is 24.9. The average molecular weight is 448 g/mol. The number of nitrogens with one attached hydrogen (secondary N) is 1. The Hall–Kier alpha value is -3.36. The molecule has 0 radical (unpaired) electrons. The highest BCUT2D eigenvalue weighted by atomic mass is 19.3. The van der Waals surface area contributed by atoms with Crippen LogP contribution in [0.5, 0.6) is 5.75 Å². The highest BCUT2D eigenvalue weighted by molar-refractivity contribution is 6.16. The van der Waals surface area contributed by atoms with Crippen molar-refractivity contribution < 1.29 is 17.9 Å². The third kappa shape index (κ3) is 7.11. The molecule has 1 aliphatic heterocycles. The summed E-state index contributed by atoms with van der Waals surface area (Å²) >= 11 is 0. The van der Waals surface area contributed by atoms with Crippen LogP contribution >= 0.6 is 0 Å². The minimum atomic E-state index is -2.92. The van der Waals surface area contributed by atoms with Crippen molar-refractivity contribution in [3.05, 3.63) is 54.0 Å². The molecule has 0 saturated carbocycles. The number of hydrogen-bond acceptors (Lipinski definition) is 5. The number of piperidine rings is 1. The van der Waals surface area contributed by atoms with Gasteiger partial charge in [0.25, 0.3) is 0 Å². The molecule has 0 aliphatic carbocycles. The molecular weight excluding hydrogens is 419 g/mol. The minimum Gasteiger partial charge on any atom is -0.435 e. The monoisotopic (exact) mass is 447 g/mol. The predicted molar refractivity (Wildman–Crippen MR) is 123 cm³/mol. The summed E-state index contributed by atoms with van der Waals surface area (Å²) in [6.45, 7) is 2.81. The summed E-state index contributed by atoms with van der Waals surface area (Å²) in [5, 5.41) is 7.60. The summed E-state index contributed by atoms with van der Waals surface area (Å²) in [4.78, 5) is 10.4. The molecule has 3 N–H and O–H groups in total. The van der Waals surface area contributed by atoms with Gasteiger partial charge in [-0.25, -0.2) is 14.4 Å². The second kappa shape index (κ2) is 12.5. The summed E-state index contributed by atoms with van der Waals surface area (Å²) in [6.07, 6.45) is 6.88. The van der Waals surface area contributed by atoms with E-state index in [0.29, 0.717) is 17.0 Å². The number of nitrogens with two attached hydrogens (primary N) is 1. The molecule has 3 rings (SSSR count). The Balaban J connectivity index is 0.00000176. The summed E-state index contributed by atoms with van der Waals surface area (Å²) in [5.41, 5.74) is 6.95. The Kier molecular flexibility index (Phi) is 9.72. The number of anilines is 1. The van der Waals surface area contributed by atoms with Crippen molar-refractivity contribution in [1.82, 2.24) is 4.98 Å². The number of aromatic nitrogens is 1. The number of aliphatic imine (C=N–C) groups is 1. The Morgan fingerprint density at radius 1 is 1.19 bits per heavy atom. The maximum Gasteiger partial charge on any atom is 0.387 e. The number of amidine groups is 1. The summed E-state index contributed by atoms with van der Waals surface area (Å²) in [7, 11) is 0. The van der Waals surface area contributed by atoms with E-state index in [2.05, 4.69) is 19.6 Å². The third-order valence-corrected chi connectivity index (χ3v) is 4.62. The van der Waals surface area contributed by atoms with Crippen molar-refractivity contribution in [2.45, 2.75) is 39.7 Å². The molecule has 0 bridgehead atoms. The second-order valence-corrected chi connectivity index (χ2v) is 6.73. The lowest BCUT2D eigenvalue weighted by atomic mass is 10.1. The molecule has 172 valence electrons. The van der Waals surface area contributed by atoms with Gasteiger partial charge in [0.2, 0.25) is 0 Å². The zero-order valence-corrected chi connectivity index (χ0v) is 18.2. The molecule has 1 fully saturated rings. The van der Waals surface area contributed by atoms with E-state index in [1.165, 1.54) is 36.8 Å². The maximum absolute atomic E-state index is 14.2. The lowest BCUT2D eigenvalue weighted by molar-refractivity contribution is -0.0498. The largest absolute Gasteiger partial charge is 0.435 e. The van der Waals surface area contributed by atoms with Gasteiger partial charge >= 0.3 is 6.61 Å². The van der Waals surface area contributed by atoms with Crippen LogP contribution in [0, 0.1) is 11.2 Å². The van der Waals surface area contributed by atoms with Crippen LogP contribution in [-0.4, -0.2) is 36.7 Å². The molecule has 9 heteroatoms. The van der Waals surface area contributed by atoms with Crippen LogP contribution in [0.15, 0.2) is 47.6 Å². The van der Waals surface area contributed by atoms with E-state index in [9.17, 15) is 13.2 Å². The van der Waals surface area contributed by atoms with Crippen molar-refractivity contribution >= 4 is 29.1 Å². The number of halogens is 3. The van der Waals surface area contributed by atoms with Gasteiger partial charge in [-0.1, -0.05) is 26.0 Å². The molecule has 0 spiro atoms. The Morgan fingerprint density at radius 2 is 1.84 bits per heavy atom. The van der Waals surface area contributed by atoms with Gasteiger partial charge in [-0.3, -0.25) is 0 Å². The Bertz CT molecular complexity index is 939. The molecule has 1 aliphatic rings. The zero-order chi connectivity index (χ0) is 23.5. The van der Waals surface area contributed by atoms with Gasteiger partial charge in [0.05, 0.1) is 6.20 Å². The number of benzene rings is 1. The first-order valence-electron chi connectivity index (χ1n) is 10.5. The van der Waals surface area contributed by atoms with Crippen LogP contribution in [-0.2, 0) is 0 Å². The highest BCUT2D eigenvalue weighted by Crippen LogP contribution is 2.25. The Labute approximate surface area is 186 Å². The third-order valence-electron chi connectivity index (χ3n) is 4.62. The molecule has 0 atom stereocenters. The fourth-order valence-corrected chi connectivity index (χ4v) is 3.17. The maximum atomic E-state index is 14.2. The zero-order valence-electron chi connectivity index (χ0n) is 18.2. The fraction of sp³-hybridized carbons (Fsp3) is 0.348. The lowest BCUT2D eigenvalue weighted by Gasteiger charge is -2.27. The van der Waals surface area contributed by atoms with Crippen LogP contribution in [0.25, 0.3) is 5.57 Å². The highest BCUT2D eigenvalue weighted by Gasteiger charge is 2.14. The van der Waals surface area contributed by atoms with Crippen LogP contribution in [0.3, 0.4) is 0 Å². The van der Waals surface area contributed by atoms with Gasteiger partial charge in [-0.2, -0.15) is 8.78 Å². The lowest BCUT2D eigenvalue weighted by Crippen LogP contribution is -2.30. The topological polar surface area (TPSA) is 87.6 Å². The molecule has 2 aromatic rings. The van der Waals surface area contributed by atoms with Gasteiger partial charge in [0.15, 0.2) is 5.82 Å². The molecule has 0 unspecified atom stereocenters. The standard InChI is InChI=1S/C21H22F3N5O.C2H6/c22-17-13-27-20(29-8-2-1-3-9-29)11-18(17)28-19(26)10-15(12-25)14-4-6-16(7-5-14)30-21(23)24;1-2/h4-7,10-13,21,25H,1-3,8-9H2,(H2,26,27,28);1-2H3/b15-10+,25-12?;. The van der Waals surface area contributed by atoms with E-state index in [1.807, 2.05) is 13.8 Å². The van der Waals surface area contributed by atoms with E-state index in [1.54, 1.807) is 6.07 Å². The average Bonchev–Trinajstić information content (AvgIpc) is 2.81. The second-order valence-electron chi connectivity index (χ2n) is 6.73. The van der Waals surface area contributed by atoms with Crippen LogP contribution < -0.4 is 15.4 Å². The first-order valence-corrected chi connectivity index (χ1v) is 10.5. The predicted octanol–water partition coefficient (Wildman–Crippen LogP) is 5.56. The molecule has 0 amide bonds. The van der Waals surface area contributed by atoms with Gasteiger partial charge in [0, 0.05) is 30.9 Å². The summed E-state index contributed by atoms with van der Waals surface area (Å²) in [5.74, 6) is 0.0467. The number of hydrogen-bond donors (Lipinski definition) is 2. The molecule has 1 aromatic carbocycles. The number of rotatable bonds is 7. The van der Waals surface area contributed by atoms with Gasteiger partial charge in [0.1, 0.15) is 23.1 Å². The van der Waals surface area contributed by atoms with E-state index in [-0.39, 0.29) is 17.3 Å². The smallest absolute Gasteiger partial charge is 0.387 e. The number of allylic oxidation sites excluding steroid dienone is 1. The SMILES string of the molecule is CC.N=C/C(=C\C(N)=Nc1cc(N2CCCCC2)ncc1F)c1ccc(OC(F)F)cc1. The van der Waals surface area contributed by atoms with E-state index in [0.717, 1.165) is 38.3 Å². The molecular formula is C23H28F3N5O.